The van der Waals surface area contributed by atoms with Crippen LogP contribution in [0.15, 0.2) is 41.4 Å². The van der Waals surface area contributed by atoms with Gasteiger partial charge in [-0.3, -0.25) is 4.79 Å². The number of guanidine groups is 1. The topological polar surface area (TPSA) is 100 Å². The van der Waals surface area contributed by atoms with E-state index in [-0.39, 0.29) is 35.0 Å². The number of rotatable bonds is 1. The van der Waals surface area contributed by atoms with Crippen LogP contribution in [0.5, 0.6) is 5.75 Å². The fourth-order valence-electron chi connectivity index (χ4n) is 7.42. The van der Waals surface area contributed by atoms with Crippen LogP contribution < -0.4 is 15.8 Å². The Morgan fingerprint density at radius 3 is 2.74 bits per heavy atom. The maximum Gasteiger partial charge on any atom is 0.251 e. The van der Waals surface area contributed by atoms with E-state index in [4.69, 9.17) is 15.5 Å². The van der Waals surface area contributed by atoms with Gasteiger partial charge < -0.3 is 25.8 Å². The lowest BCUT2D eigenvalue weighted by molar-refractivity contribution is -0.0208. The third-order valence-electron chi connectivity index (χ3n) is 9.46. The van der Waals surface area contributed by atoms with E-state index in [0.717, 1.165) is 55.4 Å². The Balaban J connectivity index is 1.44. The molecule has 1 unspecified atom stereocenters. The molecule has 5 aliphatic rings. The SMILES string of the molecule is CC[C@]12CCCCc3ccc4c(c3)[C@H](CC(C)(C)O4)NC(=O)c3ccc4c(c3)[C@@H]([C@H](C)C4)N(C(N)=N1)C(O)C2. The number of hydrogen-bond donors (Lipinski definition) is 3. The van der Waals surface area contributed by atoms with Crippen LogP contribution in [0.25, 0.3) is 0 Å². The Labute approximate surface area is 231 Å². The van der Waals surface area contributed by atoms with Crippen LogP contribution in [-0.2, 0) is 12.8 Å². The minimum absolute atomic E-state index is 0.0953. The van der Waals surface area contributed by atoms with E-state index in [2.05, 4.69) is 57.3 Å². The van der Waals surface area contributed by atoms with Crippen molar-refractivity contribution in [2.75, 3.05) is 0 Å². The van der Waals surface area contributed by atoms with Crippen molar-refractivity contribution in [1.29, 1.82) is 0 Å². The summed E-state index contributed by atoms with van der Waals surface area (Å²) in [5, 5.41) is 14.8. The maximum atomic E-state index is 13.7. The van der Waals surface area contributed by atoms with Gasteiger partial charge in [0.1, 0.15) is 17.6 Å². The van der Waals surface area contributed by atoms with Crippen molar-refractivity contribution < 1.29 is 14.6 Å². The number of amides is 1. The van der Waals surface area contributed by atoms with Gasteiger partial charge in [-0.1, -0.05) is 38.5 Å². The molecule has 6 bridgehead atoms. The van der Waals surface area contributed by atoms with Crippen LogP contribution in [0, 0.1) is 5.92 Å². The molecule has 4 heterocycles. The van der Waals surface area contributed by atoms with Gasteiger partial charge in [0.25, 0.3) is 5.91 Å². The van der Waals surface area contributed by atoms with Crippen LogP contribution in [0.1, 0.15) is 111 Å². The second-order valence-electron chi connectivity index (χ2n) is 12.9. The normalized spacial score (nSPS) is 31.6. The zero-order valence-corrected chi connectivity index (χ0v) is 23.7. The highest BCUT2D eigenvalue weighted by molar-refractivity contribution is 5.95. The van der Waals surface area contributed by atoms with Gasteiger partial charge >= 0.3 is 0 Å². The molecule has 0 radical (unpaired) electrons. The summed E-state index contributed by atoms with van der Waals surface area (Å²) in [6, 6.07) is 12.2. The molecule has 39 heavy (non-hydrogen) atoms. The number of carbonyl (C=O) groups excluding carboxylic acids is 1. The number of nitrogens with zero attached hydrogens (tertiary/aromatic N) is 2. The molecule has 0 saturated heterocycles. The minimum Gasteiger partial charge on any atom is -0.487 e. The van der Waals surface area contributed by atoms with Gasteiger partial charge in [0.05, 0.1) is 17.6 Å². The standard InChI is InChI=1S/C32H42N4O3/c1-5-32-13-7-6-8-20-9-12-26-24(15-20)25(17-31(3,4)39-26)34-29(38)22-11-10-21-14-19(2)28(23(21)16-22)36(27(37)18-32)30(33)35-32/h9-12,15-16,19,25,27-28,37H,5-8,13-14,17-18H2,1-4H3,(H2,33,35)(H,34,38)/t19-,25+,27?,28-,32-/m1/s1. The third kappa shape index (κ3) is 4.69. The van der Waals surface area contributed by atoms with E-state index >= 15 is 0 Å². The number of benzene rings is 2. The smallest absolute Gasteiger partial charge is 0.251 e. The second-order valence-corrected chi connectivity index (χ2v) is 12.9. The Hall–Kier alpha value is -3.06. The van der Waals surface area contributed by atoms with Crippen molar-refractivity contribution in [3.8, 4) is 5.75 Å². The molecule has 0 saturated carbocycles. The number of fused-ring (bicyclic) bond motifs is 5. The zero-order chi connectivity index (χ0) is 27.5. The Morgan fingerprint density at radius 1 is 1.15 bits per heavy atom. The molecule has 0 fully saturated rings. The molecule has 1 aliphatic carbocycles. The molecule has 2 aromatic carbocycles. The van der Waals surface area contributed by atoms with Crippen LogP contribution in [0.2, 0.25) is 0 Å². The molecule has 2 aromatic rings. The van der Waals surface area contributed by atoms with Gasteiger partial charge in [-0.05, 0) is 86.8 Å². The van der Waals surface area contributed by atoms with Gasteiger partial charge in [0.2, 0.25) is 0 Å². The van der Waals surface area contributed by atoms with Crippen LogP contribution >= 0.6 is 0 Å². The number of nitrogens with one attached hydrogen (secondary N) is 1. The Bertz CT molecular complexity index is 1320. The van der Waals surface area contributed by atoms with Crippen molar-refractivity contribution in [1.82, 2.24) is 10.2 Å². The summed E-state index contributed by atoms with van der Waals surface area (Å²) < 4.78 is 6.32. The first kappa shape index (κ1) is 26.2. The third-order valence-corrected chi connectivity index (χ3v) is 9.46. The van der Waals surface area contributed by atoms with E-state index in [1.807, 2.05) is 17.0 Å². The molecule has 7 heteroatoms. The molecule has 208 valence electrons. The predicted octanol–water partition coefficient (Wildman–Crippen LogP) is 5.17. The lowest BCUT2D eigenvalue weighted by Crippen LogP contribution is -2.55. The first-order chi connectivity index (χ1) is 18.6. The highest BCUT2D eigenvalue weighted by atomic mass is 16.5. The highest BCUT2D eigenvalue weighted by Crippen LogP contribution is 2.45. The van der Waals surface area contributed by atoms with Crippen molar-refractivity contribution in [2.24, 2.45) is 16.6 Å². The fourth-order valence-corrected chi connectivity index (χ4v) is 7.42. The number of aliphatic hydroxyl groups excluding tert-OH is 1. The summed E-state index contributed by atoms with van der Waals surface area (Å²) >= 11 is 0. The average Bonchev–Trinajstić information content (AvgIpc) is 3.20. The van der Waals surface area contributed by atoms with E-state index in [1.54, 1.807) is 0 Å². The number of hydrogen-bond acceptors (Lipinski definition) is 6. The largest absolute Gasteiger partial charge is 0.487 e. The maximum absolute atomic E-state index is 13.7. The van der Waals surface area contributed by atoms with E-state index in [0.29, 0.717) is 24.4 Å². The Kier molecular flexibility index (Phi) is 6.41. The first-order valence-corrected chi connectivity index (χ1v) is 14.7. The molecule has 4 aliphatic heterocycles. The van der Waals surface area contributed by atoms with Gasteiger partial charge in [0, 0.05) is 24.0 Å². The summed E-state index contributed by atoms with van der Waals surface area (Å²) in [6.45, 7) is 8.49. The molecular weight excluding hydrogens is 488 g/mol. The monoisotopic (exact) mass is 530 g/mol. The van der Waals surface area contributed by atoms with Crippen molar-refractivity contribution >= 4 is 11.9 Å². The second kappa shape index (κ2) is 9.54. The quantitative estimate of drug-likeness (QED) is 0.473. The van der Waals surface area contributed by atoms with Crippen molar-refractivity contribution in [3.63, 3.8) is 0 Å². The van der Waals surface area contributed by atoms with E-state index in [9.17, 15) is 9.90 Å². The molecular formula is C32H42N4O3. The lowest BCUT2D eigenvalue weighted by atomic mass is 9.83. The average molecular weight is 531 g/mol. The summed E-state index contributed by atoms with van der Waals surface area (Å²) in [6.07, 6.45) is 6.14. The van der Waals surface area contributed by atoms with Crippen molar-refractivity contribution in [3.05, 3.63) is 64.2 Å². The molecule has 5 atom stereocenters. The van der Waals surface area contributed by atoms with Crippen LogP contribution in [0.3, 0.4) is 0 Å². The van der Waals surface area contributed by atoms with Crippen molar-refractivity contribution in [2.45, 2.75) is 109 Å². The predicted molar refractivity (Wildman–Crippen MR) is 153 cm³/mol. The summed E-state index contributed by atoms with van der Waals surface area (Å²) in [7, 11) is 0. The Morgan fingerprint density at radius 2 is 1.97 bits per heavy atom. The molecule has 0 spiro atoms. The number of aliphatic imine (C=N–C) groups is 1. The fraction of sp³-hybridized carbons (Fsp3) is 0.562. The molecule has 0 aromatic heterocycles. The molecule has 4 N–H and O–H groups in total. The summed E-state index contributed by atoms with van der Waals surface area (Å²) in [5.74, 6) is 1.41. The first-order valence-electron chi connectivity index (χ1n) is 14.7. The number of nitrogens with two attached hydrogens (primary N) is 1. The van der Waals surface area contributed by atoms with E-state index in [1.165, 1.54) is 11.1 Å². The number of aryl methyl sites for hydroxylation is 1. The molecule has 1 amide bonds. The van der Waals surface area contributed by atoms with Gasteiger partial charge in [0.15, 0.2) is 5.96 Å². The molecule has 7 nitrogen and oxygen atoms in total. The summed E-state index contributed by atoms with van der Waals surface area (Å²) in [4.78, 5) is 20.7. The van der Waals surface area contributed by atoms with Crippen LogP contribution in [-0.4, -0.2) is 39.2 Å². The minimum atomic E-state index is -0.711. The number of carbonyl (C=O) groups is 1. The number of ether oxygens (including phenoxy) is 1. The summed E-state index contributed by atoms with van der Waals surface area (Å²) in [5.41, 5.74) is 11.1. The van der Waals surface area contributed by atoms with Gasteiger partial charge in [-0.15, -0.1) is 0 Å². The highest BCUT2D eigenvalue weighted by Gasteiger charge is 2.45. The zero-order valence-electron chi connectivity index (χ0n) is 23.7. The van der Waals surface area contributed by atoms with E-state index < -0.39 is 6.23 Å². The molecule has 7 rings (SSSR count). The van der Waals surface area contributed by atoms with Crippen LogP contribution in [0.4, 0.5) is 0 Å². The van der Waals surface area contributed by atoms with Gasteiger partial charge in [-0.2, -0.15) is 0 Å². The number of aliphatic hydroxyl groups is 1. The van der Waals surface area contributed by atoms with Gasteiger partial charge in [-0.25, -0.2) is 4.99 Å². The lowest BCUT2D eigenvalue weighted by Gasteiger charge is -2.45.